The smallest absolute Gasteiger partial charge is 0.0361 e. The molecule has 69 heavy (non-hydrogen) atoms. The molecule has 14 aromatic carbocycles. The highest BCUT2D eigenvalue weighted by Crippen LogP contribution is 2.45. The van der Waals surface area contributed by atoms with Crippen LogP contribution in [-0.2, 0) is 0 Å². The van der Waals surface area contributed by atoms with Gasteiger partial charge in [0.25, 0.3) is 0 Å². The van der Waals surface area contributed by atoms with Crippen molar-refractivity contribution in [3.05, 3.63) is 243 Å². The maximum Gasteiger partial charge on any atom is 0.0361 e. The third-order valence-corrected chi connectivity index (χ3v) is 16.1. The molecule has 0 saturated carbocycles. The number of benzene rings is 14. The molecule has 1 aromatic heterocycles. The second kappa shape index (κ2) is 14.9. The van der Waals surface area contributed by atoms with Gasteiger partial charge in [0.1, 0.15) is 0 Å². The van der Waals surface area contributed by atoms with E-state index in [4.69, 9.17) is 0 Å². The molecule has 0 bridgehead atoms. The Balaban J connectivity index is 0.735. The maximum atomic E-state index is 2.38. The molecule has 15 rings (SSSR count). The van der Waals surface area contributed by atoms with Crippen LogP contribution in [0.15, 0.2) is 243 Å². The fraction of sp³-hybridized carbons (Fsp3) is 0. The van der Waals surface area contributed by atoms with Crippen LogP contribution in [0.5, 0.6) is 0 Å². The summed E-state index contributed by atoms with van der Waals surface area (Å²) in [5, 5.41) is 18.4. The molecule has 0 fully saturated rings. The van der Waals surface area contributed by atoms with E-state index < -0.39 is 0 Å². The Morgan fingerprint density at radius 3 is 0.783 bits per heavy atom. The van der Waals surface area contributed by atoms with Gasteiger partial charge in [0.2, 0.25) is 0 Å². The van der Waals surface area contributed by atoms with Gasteiger partial charge in [-0.1, -0.05) is 231 Å². The lowest BCUT2D eigenvalue weighted by Gasteiger charge is -2.16. The quantitative estimate of drug-likeness (QED) is 0.146. The van der Waals surface area contributed by atoms with Crippen LogP contribution in [0.1, 0.15) is 0 Å². The van der Waals surface area contributed by atoms with E-state index in [-0.39, 0.29) is 0 Å². The van der Waals surface area contributed by atoms with E-state index >= 15 is 0 Å². The Morgan fingerprint density at radius 2 is 0.449 bits per heavy atom. The van der Waals surface area contributed by atoms with Crippen molar-refractivity contribution in [2.24, 2.45) is 0 Å². The lowest BCUT2D eigenvalue weighted by atomic mass is 9.87. The molecule has 0 unspecified atom stereocenters. The standard InChI is InChI=1S/C68H40S/c1-3-7-43(8-4-1)53-29-19-47-25-37-61-55(31-21-49-23-35-59(53)65(47)67(49)61)45-15-11-41(12-16-45)51-27-33-57-58-34-28-52(40-64(58)69-63(57)39-51)42-13-17-46(18-14-42)56-32-22-50-24-36-60-54(44-9-5-2-6-10-44)30-20-48-26-38-62(56)68(50)66(48)60/h1-40H. The monoisotopic (exact) mass is 888 g/mol. The van der Waals surface area contributed by atoms with E-state index in [2.05, 4.69) is 243 Å². The van der Waals surface area contributed by atoms with Crippen molar-refractivity contribution >= 4 is 96.1 Å². The summed E-state index contributed by atoms with van der Waals surface area (Å²) in [6.07, 6.45) is 0. The lowest BCUT2D eigenvalue weighted by molar-refractivity contribution is 1.63. The second-order valence-corrected chi connectivity index (χ2v) is 19.8. The molecule has 0 saturated heterocycles. The average Bonchev–Trinajstić information content (AvgIpc) is 3.79. The van der Waals surface area contributed by atoms with Crippen molar-refractivity contribution in [1.82, 2.24) is 0 Å². The van der Waals surface area contributed by atoms with E-state index in [1.165, 1.54) is 152 Å². The number of rotatable bonds is 6. The van der Waals surface area contributed by atoms with E-state index in [1.54, 1.807) is 0 Å². The Kier molecular flexibility index (Phi) is 8.33. The molecule has 0 aliphatic rings. The topological polar surface area (TPSA) is 0 Å². The summed E-state index contributed by atoms with van der Waals surface area (Å²) in [5.41, 5.74) is 15.0. The highest BCUT2D eigenvalue weighted by Gasteiger charge is 2.18. The third-order valence-electron chi connectivity index (χ3n) is 15.0. The van der Waals surface area contributed by atoms with Crippen molar-refractivity contribution in [2.45, 2.75) is 0 Å². The fourth-order valence-electron chi connectivity index (χ4n) is 11.7. The Morgan fingerprint density at radius 1 is 0.188 bits per heavy atom. The highest BCUT2D eigenvalue weighted by atomic mass is 32.1. The summed E-state index contributed by atoms with van der Waals surface area (Å²) in [6.45, 7) is 0. The predicted octanol–water partition coefficient (Wildman–Crippen LogP) is 19.9. The third kappa shape index (κ3) is 5.94. The fourth-order valence-corrected chi connectivity index (χ4v) is 12.8. The van der Waals surface area contributed by atoms with Gasteiger partial charge in [0.15, 0.2) is 0 Å². The zero-order chi connectivity index (χ0) is 45.2. The minimum atomic E-state index is 1.23. The van der Waals surface area contributed by atoms with Crippen LogP contribution in [0, 0.1) is 0 Å². The zero-order valence-corrected chi connectivity index (χ0v) is 38.3. The van der Waals surface area contributed by atoms with Crippen molar-refractivity contribution in [2.75, 3.05) is 0 Å². The summed E-state index contributed by atoms with van der Waals surface area (Å²) in [7, 11) is 0. The van der Waals surface area contributed by atoms with Gasteiger partial charge in [-0.25, -0.2) is 0 Å². The molecular formula is C68H40S. The SMILES string of the molecule is c1ccc(-c2ccc3ccc4c(-c5ccc(-c6ccc7c(c6)sc6cc(-c8ccc(-c9ccc%10ccc%11c(-c%12ccccc%12)ccc%12ccc9c%10c%12%11)cc8)ccc67)cc5)ccc5ccc2c3c54)cc1. The number of thiophene rings is 1. The molecule has 0 atom stereocenters. The number of hydrogen-bond acceptors (Lipinski definition) is 1. The molecule has 0 radical (unpaired) electrons. The molecule has 0 amide bonds. The van der Waals surface area contributed by atoms with Crippen LogP contribution in [0.4, 0.5) is 0 Å². The van der Waals surface area contributed by atoms with Crippen molar-refractivity contribution < 1.29 is 0 Å². The lowest BCUT2D eigenvalue weighted by Crippen LogP contribution is -1.89. The van der Waals surface area contributed by atoms with Crippen LogP contribution >= 0.6 is 11.3 Å². The minimum absolute atomic E-state index is 1.23. The van der Waals surface area contributed by atoms with E-state index in [1.807, 2.05) is 11.3 Å². The summed E-state index contributed by atoms with van der Waals surface area (Å²) >= 11 is 1.89. The van der Waals surface area contributed by atoms with E-state index in [0.717, 1.165) is 0 Å². The minimum Gasteiger partial charge on any atom is -0.135 e. The van der Waals surface area contributed by atoms with Gasteiger partial charge in [-0.3, -0.25) is 0 Å². The molecule has 1 heteroatoms. The Hall–Kier alpha value is -8.62. The highest BCUT2D eigenvalue weighted by molar-refractivity contribution is 7.25. The molecule has 0 aliphatic heterocycles. The van der Waals surface area contributed by atoms with Gasteiger partial charge in [-0.05, 0) is 144 Å². The molecule has 0 spiro atoms. The normalized spacial score (nSPS) is 12.1. The molecule has 0 nitrogen and oxygen atoms in total. The van der Waals surface area contributed by atoms with Crippen molar-refractivity contribution in [1.29, 1.82) is 0 Å². The van der Waals surface area contributed by atoms with Crippen molar-refractivity contribution in [3.63, 3.8) is 0 Å². The van der Waals surface area contributed by atoms with E-state index in [9.17, 15) is 0 Å². The van der Waals surface area contributed by atoms with Crippen LogP contribution in [-0.4, -0.2) is 0 Å². The largest absolute Gasteiger partial charge is 0.135 e. The van der Waals surface area contributed by atoms with Gasteiger partial charge in [0, 0.05) is 20.2 Å². The molecule has 0 aliphatic carbocycles. The van der Waals surface area contributed by atoms with Crippen LogP contribution in [0.25, 0.3) is 152 Å². The van der Waals surface area contributed by atoms with Crippen LogP contribution < -0.4 is 0 Å². The average molecular weight is 889 g/mol. The first-order valence-corrected chi connectivity index (χ1v) is 24.7. The van der Waals surface area contributed by atoms with Crippen molar-refractivity contribution in [3.8, 4) is 66.8 Å². The summed E-state index contributed by atoms with van der Waals surface area (Å²) in [5.74, 6) is 0. The summed E-state index contributed by atoms with van der Waals surface area (Å²) in [4.78, 5) is 0. The van der Waals surface area contributed by atoms with Gasteiger partial charge in [-0.15, -0.1) is 11.3 Å². The predicted molar refractivity (Wildman–Crippen MR) is 299 cm³/mol. The molecule has 1 heterocycles. The summed E-state index contributed by atoms with van der Waals surface area (Å²) in [6, 6.07) is 90.6. The van der Waals surface area contributed by atoms with Gasteiger partial charge >= 0.3 is 0 Å². The maximum absolute atomic E-state index is 2.38. The van der Waals surface area contributed by atoms with Gasteiger partial charge < -0.3 is 0 Å². The first-order valence-electron chi connectivity index (χ1n) is 23.9. The second-order valence-electron chi connectivity index (χ2n) is 18.7. The number of fused-ring (bicyclic) bond motifs is 3. The summed E-state index contributed by atoms with van der Waals surface area (Å²) < 4.78 is 2.62. The van der Waals surface area contributed by atoms with Crippen LogP contribution in [0.2, 0.25) is 0 Å². The number of hydrogen-bond donors (Lipinski definition) is 0. The molecule has 318 valence electrons. The van der Waals surface area contributed by atoms with E-state index in [0.29, 0.717) is 0 Å². The molecular weight excluding hydrogens is 849 g/mol. The Labute approximate surface area is 403 Å². The Bertz CT molecular complexity index is 4190. The van der Waals surface area contributed by atoms with Gasteiger partial charge in [-0.2, -0.15) is 0 Å². The first kappa shape index (κ1) is 38.5. The zero-order valence-electron chi connectivity index (χ0n) is 37.5. The van der Waals surface area contributed by atoms with Gasteiger partial charge in [0.05, 0.1) is 0 Å². The molecule has 15 aromatic rings. The molecule has 0 N–H and O–H groups in total. The first-order chi connectivity index (χ1) is 34.2. The van der Waals surface area contributed by atoms with Crippen LogP contribution in [0.3, 0.4) is 0 Å².